The lowest BCUT2D eigenvalue weighted by molar-refractivity contribution is 0.180. The molecule has 0 radical (unpaired) electrons. The Bertz CT molecular complexity index is 1960. The van der Waals surface area contributed by atoms with E-state index in [1.807, 2.05) is 31.2 Å². The summed E-state index contributed by atoms with van der Waals surface area (Å²) in [6.07, 6.45) is 15.1. The minimum Gasteiger partial charge on any atom is -0.386 e. The zero-order valence-corrected chi connectivity index (χ0v) is 32.5. The summed E-state index contributed by atoms with van der Waals surface area (Å²) in [5, 5.41) is 14.3. The highest BCUT2D eigenvalue weighted by molar-refractivity contribution is 6.46. The maximum atomic E-state index is 17.4. The Labute approximate surface area is 324 Å². The lowest BCUT2D eigenvalue weighted by Crippen LogP contribution is -2.38. The van der Waals surface area contributed by atoms with Crippen LogP contribution in [-0.4, -0.2) is 90.7 Å². The molecule has 0 spiro atoms. The molecule has 0 aromatic heterocycles. The Hall–Kier alpha value is -4.08. The predicted octanol–water partition coefficient (Wildman–Crippen LogP) is 9.32. The van der Waals surface area contributed by atoms with Crippen molar-refractivity contribution < 1.29 is 8.78 Å². The third-order valence-electron chi connectivity index (χ3n) is 12.2. The number of rotatable bonds is 11. The van der Waals surface area contributed by atoms with Crippen LogP contribution in [0.1, 0.15) is 82.3 Å². The molecule has 2 aromatic rings. The van der Waals surface area contributed by atoms with Crippen LogP contribution in [0.3, 0.4) is 0 Å². The number of likely N-dealkylation sites (tertiary alicyclic amines) is 1. The largest absolute Gasteiger partial charge is 0.386 e. The summed E-state index contributed by atoms with van der Waals surface area (Å²) in [5.74, 6) is -0.223. The second kappa shape index (κ2) is 16.7. The second-order valence-corrected chi connectivity index (χ2v) is 15.7. The van der Waals surface area contributed by atoms with E-state index < -0.39 is 5.83 Å². The van der Waals surface area contributed by atoms with Gasteiger partial charge in [-0.3, -0.25) is 15.3 Å². The number of aliphatic imine (C=N–C) groups is 2. The highest BCUT2D eigenvalue weighted by Crippen LogP contribution is 2.42. The average Bonchev–Trinajstić information content (AvgIpc) is 3.69. The summed E-state index contributed by atoms with van der Waals surface area (Å²) in [6, 6.07) is 8.98. The van der Waals surface area contributed by atoms with Gasteiger partial charge >= 0.3 is 0 Å². The molecule has 7 rings (SSSR count). The number of fused-ring (bicyclic) bond motifs is 2. The molecule has 0 amide bonds. The van der Waals surface area contributed by atoms with Gasteiger partial charge in [-0.15, -0.1) is 0 Å². The van der Waals surface area contributed by atoms with Crippen LogP contribution < -0.4 is 5.32 Å². The quantitative estimate of drug-likeness (QED) is 0.177. The molecule has 0 bridgehead atoms. The summed E-state index contributed by atoms with van der Waals surface area (Å²) >= 11 is 6.98. The monoisotopic (exact) mass is 753 g/mol. The van der Waals surface area contributed by atoms with Crippen LogP contribution >= 0.6 is 11.6 Å². The molecule has 4 fully saturated rings. The van der Waals surface area contributed by atoms with Crippen molar-refractivity contribution >= 4 is 46.1 Å². The standard InChI is InChI=1S/C44H54ClF2N7/c1-4-32-36(46)18-15-31-13-8-14-33(38(31)32)34-16-17-35(42(40(34)47)51-22-9-19-44-20-10-27-54(44)28-11-21-44)43(49-3)53-26-12-23-50-37(29-53)39(45)41(48)30(2)52-24-6-5-7-25-52/h8,13-18,48,50H,2-7,9-12,19-29H2,1H3/b39-37+,43-35+,48-41?,51-42+. The number of piperidine rings is 1. The van der Waals surface area contributed by atoms with Crippen molar-refractivity contribution in [3.05, 3.63) is 99.7 Å². The molecule has 0 saturated carbocycles. The molecule has 4 saturated heterocycles. The SMILES string of the molecule is C=N/C(=C1/C=CC(c2cccc3ccc(F)c(CC)c23)=C(F)/C1=N/CCCC12CCCN1CCC2)N1CCCN/C(=C(/Cl)C(=N)C(=C)N2CCCCC2)C1. The smallest absolute Gasteiger partial charge is 0.156 e. The van der Waals surface area contributed by atoms with Crippen LogP contribution in [0.15, 0.2) is 92.7 Å². The first-order chi connectivity index (χ1) is 26.3. The van der Waals surface area contributed by atoms with Gasteiger partial charge in [-0.1, -0.05) is 55.4 Å². The maximum absolute atomic E-state index is 17.4. The van der Waals surface area contributed by atoms with Gasteiger partial charge in [0.1, 0.15) is 17.3 Å². The van der Waals surface area contributed by atoms with E-state index >= 15 is 8.78 Å². The number of benzene rings is 2. The van der Waals surface area contributed by atoms with E-state index in [2.05, 4.69) is 38.3 Å². The number of halogens is 3. The van der Waals surface area contributed by atoms with E-state index in [0.717, 1.165) is 56.0 Å². The summed E-state index contributed by atoms with van der Waals surface area (Å²) in [6.45, 7) is 16.3. The summed E-state index contributed by atoms with van der Waals surface area (Å²) in [5.41, 5.74) is 4.21. The molecule has 2 aromatic carbocycles. The first-order valence-electron chi connectivity index (χ1n) is 20.0. The average molecular weight is 754 g/mol. The zero-order chi connectivity index (χ0) is 37.8. The van der Waals surface area contributed by atoms with Gasteiger partial charge in [0.25, 0.3) is 0 Å². The number of hydrogen-bond acceptors (Lipinski definition) is 7. The van der Waals surface area contributed by atoms with Gasteiger partial charge in [-0.25, -0.2) is 13.8 Å². The van der Waals surface area contributed by atoms with Crippen LogP contribution in [0.2, 0.25) is 0 Å². The fraction of sp³-hybridized carbons (Fsp3) is 0.477. The molecule has 5 aliphatic rings. The summed E-state index contributed by atoms with van der Waals surface area (Å²) in [4.78, 5) is 16.4. The number of allylic oxidation sites excluding steroid dienone is 6. The molecule has 10 heteroatoms. The number of aryl methyl sites for hydroxylation is 1. The normalized spacial score (nSPS) is 23.1. The lowest BCUT2D eigenvalue weighted by Gasteiger charge is -2.32. The van der Waals surface area contributed by atoms with Crippen LogP contribution in [0.25, 0.3) is 16.3 Å². The first kappa shape index (κ1) is 38.2. The topological polar surface area (TPSA) is 70.3 Å². The molecule has 0 unspecified atom stereocenters. The van der Waals surface area contributed by atoms with Crippen molar-refractivity contribution in [3.8, 4) is 0 Å². The van der Waals surface area contributed by atoms with E-state index in [0.29, 0.717) is 77.1 Å². The third kappa shape index (κ3) is 7.46. The Morgan fingerprint density at radius 1 is 0.963 bits per heavy atom. The van der Waals surface area contributed by atoms with E-state index in [-0.39, 0.29) is 22.8 Å². The van der Waals surface area contributed by atoms with Gasteiger partial charge in [-0.2, -0.15) is 0 Å². The second-order valence-electron chi connectivity index (χ2n) is 15.4. The fourth-order valence-corrected chi connectivity index (χ4v) is 9.69. The Morgan fingerprint density at radius 2 is 1.72 bits per heavy atom. The molecule has 4 aliphatic heterocycles. The number of nitrogens with one attached hydrogen (secondary N) is 2. The van der Waals surface area contributed by atoms with Crippen molar-refractivity contribution in [1.82, 2.24) is 20.0 Å². The summed E-state index contributed by atoms with van der Waals surface area (Å²) in [7, 11) is 0. The minimum absolute atomic E-state index is 0.211. The molecular weight excluding hydrogens is 700 g/mol. The maximum Gasteiger partial charge on any atom is 0.156 e. The minimum atomic E-state index is -0.449. The first-order valence-corrected chi connectivity index (χ1v) is 20.3. The van der Waals surface area contributed by atoms with Crippen molar-refractivity contribution in [1.29, 1.82) is 5.41 Å². The van der Waals surface area contributed by atoms with Gasteiger partial charge in [0, 0.05) is 49.4 Å². The van der Waals surface area contributed by atoms with Gasteiger partial charge < -0.3 is 15.1 Å². The van der Waals surface area contributed by atoms with Crippen LogP contribution in [0.5, 0.6) is 0 Å². The third-order valence-corrected chi connectivity index (χ3v) is 12.6. The molecular formula is C44H54ClF2N7. The predicted molar refractivity (Wildman–Crippen MR) is 221 cm³/mol. The molecule has 0 atom stereocenters. The van der Waals surface area contributed by atoms with E-state index in [1.54, 1.807) is 12.1 Å². The molecule has 7 nitrogen and oxygen atoms in total. The van der Waals surface area contributed by atoms with Crippen molar-refractivity contribution in [2.75, 3.05) is 52.4 Å². The van der Waals surface area contributed by atoms with Crippen LogP contribution in [-0.2, 0) is 6.42 Å². The molecule has 54 heavy (non-hydrogen) atoms. The molecule has 4 heterocycles. The van der Waals surface area contributed by atoms with Gasteiger partial charge in [0.15, 0.2) is 5.83 Å². The van der Waals surface area contributed by atoms with E-state index in [4.69, 9.17) is 22.0 Å². The van der Waals surface area contributed by atoms with Gasteiger partial charge in [-0.05, 0) is 124 Å². The number of hydrogen-bond donors (Lipinski definition) is 2. The van der Waals surface area contributed by atoms with Crippen molar-refractivity contribution in [3.63, 3.8) is 0 Å². The highest BCUT2D eigenvalue weighted by Gasteiger charge is 2.43. The Balaban J connectivity index is 1.26. The van der Waals surface area contributed by atoms with E-state index in [1.165, 1.54) is 51.3 Å². The Kier molecular flexibility index (Phi) is 11.8. The molecule has 1 aliphatic carbocycles. The Morgan fingerprint density at radius 3 is 2.46 bits per heavy atom. The molecule has 2 N–H and O–H groups in total. The lowest BCUT2D eigenvalue weighted by atomic mass is 9.88. The van der Waals surface area contributed by atoms with Crippen LogP contribution in [0.4, 0.5) is 8.78 Å². The van der Waals surface area contributed by atoms with E-state index in [9.17, 15) is 0 Å². The van der Waals surface area contributed by atoms with Crippen molar-refractivity contribution in [2.45, 2.75) is 83.1 Å². The zero-order valence-electron chi connectivity index (χ0n) is 31.8. The van der Waals surface area contributed by atoms with Gasteiger partial charge in [0.2, 0.25) is 0 Å². The van der Waals surface area contributed by atoms with Crippen molar-refractivity contribution in [2.24, 2.45) is 9.98 Å². The van der Waals surface area contributed by atoms with Gasteiger partial charge in [0.05, 0.1) is 28.7 Å². The number of nitrogens with zero attached hydrogens (tertiary/aromatic N) is 5. The summed E-state index contributed by atoms with van der Waals surface area (Å²) < 4.78 is 32.5. The molecule has 286 valence electrons. The fourth-order valence-electron chi connectivity index (χ4n) is 9.46. The highest BCUT2D eigenvalue weighted by atomic mass is 35.5. The van der Waals surface area contributed by atoms with Crippen LogP contribution in [0, 0.1) is 11.2 Å².